The SMILES string of the molecule is O=S(=O)(O)CCC1CCNCC1. The van der Waals surface area contributed by atoms with E-state index < -0.39 is 10.1 Å². The van der Waals surface area contributed by atoms with Crippen LogP contribution in [0.4, 0.5) is 0 Å². The van der Waals surface area contributed by atoms with Gasteiger partial charge < -0.3 is 5.32 Å². The summed E-state index contributed by atoms with van der Waals surface area (Å²) in [5.41, 5.74) is 0. The molecule has 1 aliphatic rings. The van der Waals surface area contributed by atoms with Crippen molar-refractivity contribution in [2.75, 3.05) is 18.8 Å². The van der Waals surface area contributed by atoms with Crippen molar-refractivity contribution in [3.8, 4) is 0 Å². The fraction of sp³-hybridized carbons (Fsp3) is 1.00. The average Bonchev–Trinajstić information content (AvgIpc) is 2.02. The quantitative estimate of drug-likeness (QED) is 0.631. The van der Waals surface area contributed by atoms with Crippen LogP contribution < -0.4 is 5.32 Å². The number of nitrogens with one attached hydrogen (secondary N) is 1. The minimum absolute atomic E-state index is 0.0856. The highest BCUT2D eigenvalue weighted by Gasteiger charge is 2.15. The predicted octanol–water partition coefficient (Wildman–Crippen LogP) is 0.264. The van der Waals surface area contributed by atoms with E-state index in [9.17, 15) is 8.42 Å². The van der Waals surface area contributed by atoms with E-state index in [-0.39, 0.29) is 5.75 Å². The maximum atomic E-state index is 10.4. The van der Waals surface area contributed by atoms with Gasteiger partial charge in [0.15, 0.2) is 0 Å². The lowest BCUT2D eigenvalue weighted by Crippen LogP contribution is -2.28. The van der Waals surface area contributed by atoms with Crippen LogP contribution in [0.25, 0.3) is 0 Å². The van der Waals surface area contributed by atoms with Gasteiger partial charge >= 0.3 is 0 Å². The molecule has 1 rings (SSSR count). The molecule has 0 spiro atoms. The predicted molar refractivity (Wildman–Crippen MR) is 46.6 cm³/mol. The second-order valence-electron chi connectivity index (χ2n) is 3.27. The molecule has 0 radical (unpaired) electrons. The Morgan fingerprint density at radius 1 is 1.33 bits per heavy atom. The summed E-state index contributed by atoms with van der Waals surface area (Å²) in [4.78, 5) is 0. The fourth-order valence-corrected chi connectivity index (χ4v) is 2.12. The minimum atomic E-state index is -3.74. The highest BCUT2D eigenvalue weighted by molar-refractivity contribution is 7.85. The molecule has 0 atom stereocenters. The monoisotopic (exact) mass is 193 g/mol. The molecule has 72 valence electrons. The van der Waals surface area contributed by atoms with Crippen LogP contribution in [0.3, 0.4) is 0 Å². The van der Waals surface area contributed by atoms with E-state index in [0.29, 0.717) is 12.3 Å². The van der Waals surface area contributed by atoms with Gasteiger partial charge in [-0.25, -0.2) is 0 Å². The molecule has 0 amide bonds. The zero-order valence-electron chi connectivity index (χ0n) is 6.99. The van der Waals surface area contributed by atoms with Crippen LogP contribution >= 0.6 is 0 Å². The normalized spacial score (nSPS) is 21.1. The van der Waals surface area contributed by atoms with Crippen molar-refractivity contribution >= 4 is 10.1 Å². The molecule has 1 heterocycles. The first-order valence-corrected chi connectivity index (χ1v) is 5.85. The number of rotatable bonds is 3. The van der Waals surface area contributed by atoms with Crippen LogP contribution in [-0.4, -0.2) is 31.8 Å². The lowest BCUT2D eigenvalue weighted by Gasteiger charge is -2.21. The van der Waals surface area contributed by atoms with E-state index >= 15 is 0 Å². The molecule has 0 unspecified atom stereocenters. The van der Waals surface area contributed by atoms with Crippen molar-refractivity contribution in [2.45, 2.75) is 19.3 Å². The molecule has 0 aromatic carbocycles. The summed E-state index contributed by atoms with van der Waals surface area (Å²) < 4.78 is 29.3. The van der Waals surface area contributed by atoms with Gasteiger partial charge in [0, 0.05) is 0 Å². The molecule has 1 saturated heterocycles. The van der Waals surface area contributed by atoms with Crippen LogP contribution in [0, 0.1) is 5.92 Å². The van der Waals surface area contributed by atoms with Gasteiger partial charge in [-0.15, -0.1) is 0 Å². The maximum Gasteiger partial charge on any atom is 0.264 e. The Hall–Kier alpha value is -0.130. The molecule has 1 aliphatic heterocycles. The first kappa shape index (κ1) is 9.95. The topological polar surface area (TPSA) is 66.4 Å². The largest absolute Gasteiger partial charge is 0.317 e. The molecule has 0 aromatic rings. The molecule has 0 aromatic heterocycles. The third kappa shape index (κ3) is 4.04. The number of hydrogen-bond donors (Lipinski definition) is 2. The standard InChI is InChI=1S/C7H15NO3S/c9-12(10,11)6-3-7-1-4-8-5-2-7/h7-8H,1-6H2,(H,9,10,11). The first-order chi connectivity index (χ1) is 5.58. The van der Waals surface area contributed by atoms with Crippen LogP contribution in [0.15, 0.2) is 0 Å². The van der Waals surface area contributed by atoms with Crippen molar-refractivity contribution in [1.29, 1.82) is 0 Å². The van der Waals surface area contributed by atoms with Gasteiger partial charge in [0.05, 0.1) is 5.75 Å². The molecular formula is C7H15NO3S. The molecule has 4 nitrogen and oxygen atoms in total. The van der Waals surface area contributed by atoms with Crippen molar-refractivity contribution in [2.24, 2.45) is 5.92 Å². The van der Waals surface area contributed by atoms with Gasteiger partial charge in [0.1, 0.15) is 0 Å². The maximum absolute atomic E-state index is 10.4. The lowest BCUT2D eigenvalue weighted by molar-refractivity contribution is 0.361. The third-order valence-corrected chi connectivity index (χ3v) is 2.99. The van der Waals surface area contributed by atoms with Gasteiger partial charge in [-0.1, -0.05) is 0 Å². The van der Waals surface area contributed by atoms with E-state index in [0.717, 1.165) is 25.9 Å². The van der Waals surface area contributed by atoms with Gasteiger partial charge in [-0.05, 0) is 38.3 Å². The zero-order chi connectivity index (χ0) is 9.03. The average molecular weight is 193 g/mol. The molecular weight excluding hydrogens is 178 g/mol. The molecule has 1 fully saturated rings. The summed E-state index contributed by atoms with van der Waals surface area (Å²) in [5.74, 6) is 0.380. The van der Waals surface area contributed by atoms with Crippen LogP contribution in [0.2, 0.25) is 0 Å². The summed E-state index contributed by atoms with van der Waals surface area (Å²) in [6, 6.07) is 0. The molecule has 12 heavy (non-hydrogen) atoms. The van der Waals surface area contributed by atoms with E-state index in [4.69, 9.17) is 4.55 Å². The number of piperidine rings is 1. The summed E-state index contributed by atoms with van der Waals surface area (Å²) in [6.07, 6.45) is 2.64. The van der Waals surface area contributed by atoms with Gasteiger partial charge in [-0.3, -0.25) is 4.55 Å². The summed E-state index contributed by atoms with van der Waals surface area (Å²) >= 11 is 0. The second-order valence-corrected chi connectivity index (χ2v) is 4.84. The van der Waals surface area contributed by atoms with Crippen molar-refractivity contribution in [3.05, 3.63) is 0 Å². The Morgan fingerprint density at radius 3 is 2.42 bits per heavy atom. The highest BCUT2D eigenvalue weighted by atomic mass is 32.2. The van der Waals surface area contributed by atoms with Crippen LogP contribution in [0.1, 0.15) is 19.3 Å². The first-order valence-electron chi connectivity index (χ1n) is 4.24. The summed E-state index contributed by atoms with van der Waals surface area (Å²) in [6.45, 7) is 1.94. The number of hydrogen-bond acceptors (Lipinski definition) is 3. The smallest absolute Gasteiger partial charge is 0.264 e. The van der Waals surface area contributed by atoms with Gasteiger partial charge in [0.25, 0.3) is 10.1 Å². The van der Waals surface area contributed by atoms with Crippen LogP contribution in [-0.2, 0) is 10.1 Å². The molecule has 0 bridgehead atoms. The Kier molecular flexibility index (Phi) is 3.49. The summed E-state index contributed by atoms with van der Waals surface area (Å²) in [5, 5.41) is 3.20. The van der Waals surface area contributed by atoms with Gasteiger partial charge in [0.2, 0.25) is 0 Å². The van der Waals surface area contributed by atoms with E-state index in [2.05, 4.69) is 5.32 Å². The Morgan fingerprint density at radius 2 is 1.92 bits per heavy atom. The van der Waals surface area contributed by atoms with Crippen LogP contribution in [0.5, 0.6) is 0 Å². The van der Waals surface area contributed by atoms with E-state index in [1.165, 1.54) is 0 Å². The lowest BCUT2D eigenvalue weighted by atomic mass is 9.96. The summed E-state index contributed by atoms with van der Waals surface area (Å²) in [7, 11) is -3.74. The molecule has 0 aliphatic carbocycles. The zero-order valence-corrected chi connectivity index (χ0v) is 7.81. The minimum Gasteiger partial charge on any atom is -0.317 e. The Balaban J connectivity index is 2.22. The second kappa shape index (κ2) is 4.20. The van der Waals surface area contributed by atoms with E-state index in [1.54, 1.807) is 0 Å². The fourth-order valence-electron chi connectivity index (χ4n) is 1.49. The van der Waals surface area contributed by atoms with E-state index in [1.807, 2.05) is 0 Å². The highest BCUT2D eigenvalue weighted by Crippen LogP contribution is 2.16. The molecule has 2 N–H and O–H groups in total. The van der Waals surface area contributed by atoms with Crippen molar-refractivity contribution in [3.63, 3.8) is 0 Å². The van der Waals surface area contributed by atoms with Crippen molar-refractivity contribution < 1.29 is 13.0 Å². The third-order valence-electron chi connectivity index (χ3n) is 2.24. The Labute approximate surface area is 73.1 Å². The molecule has 5 heteroatoms. The van der Waals surface area contributed by atoms with Gasteiger partial charge in [-0.2, -0.15) is 8.42 Å². The molecule has 0 saturated carbocycles. The Bertz CT molecular complexity index is 219. The van der Waals surface area contributed by atoms with Crippen molar-refractivity contribution in [1.82, 2.24) is 5.32 Å².